The Morgan fingerprint density at radius 3 is 2.81 bits per heavy atom. The second kappa shape index (κ2) is 9.08. The predicted octanol–water partition coefficient (Wildman–Crippen LogP) is 4.41. The van der Waals surface area contributed by atoms with Crippen LogP contribution < -0.4 is 5.32 Å². The van der Waals surface area contributed by atoms with E-state index in [-0.39, 0.29) is 11.9 Å². The van der Waals surface area contributed by atoms with Crippen LogP contribution in [0.1, 0.15) is 23.0 Å². The molecule has 0 bridgehead atoms. The summed E-state index contributed by atoms with van der Waals surface area (Å²) in [6, 6.07) is 12.7. The number of amides is 1. The number of nitrogens with zero attached hydrogens (tertiary/aromatic N) is 5. The number of rotatable bonds is 6. The molecule has 0 aliphatic carbocycles. The van der Waals surface area contributed by atoms with Crippen LogP contribution in [0, 0.1) is 11.3 Å². The first-order chi connectivity index (χ1) is 15.0. The molecule has 31 heavy (non-hydrogen) atoms. The second-order valence-electron chi connectivity index (χ2n) is 6.88. The van der Waals surface area contributed by atoms with Gasteiger partial charge in [0.25, 0.3) is 5.91 Å². The van der Waals surface area contributed by atoms with E-state index in [1.54, 1.807) is 34.6 Å². The molecule has 3 heterocycles. The highest BCUT2D eigenvalue weighted by Crippen LogP contribution is 2.24. The van der Waals surface area contributed by atoms with Gasteiger partial charge in [-0.1, -0.05) is 17.7 Å². The molecular weight excluding hydrogens is 432 g/mol. The molecule has 1 N–H and O–H groups in total. The van der Waals surface area contributed by atoms with Crippen LogP contribution in [0.15, 0.2) is 60.4 Å². The van der Waals surface area contributed by atoms with Gasteiger partial charge in [0, 0.05) is 41.1 Å². The van der Waals surface area contributed by atoms with Gasteiger partial charge in [-0.15, -0.1) is 11.3 Å². The molecule has 9 heteroatoms. The van der Waals surface area contributed by atoms with Crippen LogP contribution in [0.3, 0.4) is 0 Å². The van der Waals surface area contributed by atoms with Gasteiger partial charge in [0.1, 0.15) is 16.8 Å². The summed E-state index contributed by atoms with van der Waals surface area (Å²) in [5, 5.41) is 19.4. The van der Waals surface area contributed by atoms with Crippen LogP contribution in [0.4, 0.5) is 0 Å². The minimum absolute atomic E-state index is 0.157. The van der Waals surface area contributed by atoms with Gasteiger partial charge < -0.3 is 5.32 Å². The van der Waals surface area contributed by atoms with Gasteiger partial charge in [0.05, 0.1) is 22.8 Å². The number of hydrogen-bond donors (Lipinski definition) is 1. The molecule has 4 aromatic rings. The van der Waals surface area contributed by atoms with Crippen molar-refractivity contribution >= 4 is 28.8 Å². The topological polar surface area (TPSA) is 96.5 Å². The Morgan fingerprint density at radius 1 is 1.26 bits per heavy atom. The number of benzene rings is 1. The maximum Gasteiger partial charge on any atom is 0.271 e. The number of hydrogen-bond acceptors (Lipinski definition) is 6. The van der Waals surface area contributed by atoms with Crippen molar-refractivity contribution in [2.24, 2.45) is 0 Å². The molecule has 7 nitrogen and oxygen atoms in total. The van der Waals surface area contributed by atoms with E-state index in [9.17, 15) is 4.79 Å². The third-order valence-electron chi connectivity index (χ3n) is 4.53. The Bertz CT molecular complexity index is 1260. The zero-order chi connectivity index (χ0) is 21.8. The second-order valence-corrected chi connectivity index (χ2v) is 8.14. The van der Waals surface area contributed by atoms with Crippen LogP contribution in [0.25, 0.3) is 21.8 Å². The molecule has 0 fully saturated rings. The molecule has 0 aliphatic heterocycles. The van der Waals surface area contributed by atoms with Crippen molar-refractivity contribution in [1.29, 1.82) is 5.26 Å². The fraction of sp³-hybridized carbons (Fsp3) is 0.136. The van der Waals surface area contributed by atoms with Gasteiger partial charge in [-0.2, -0.15) is 10.4 Å². The third kappa shape index (κ3) is 4.79. The van der Waals surface area contributed by atoms with E-state index in [0.29, 0.717) is 22.8 Å². The Balaban J connectivity index is 1.39. The maximum atomic E-state index is 12.6. The number of nitriles is 1. The van der Waals surface area contributed by atoms with Crippen molar-refractivity contribution in [1.82, 2.24) is 25.1 Å². The SMILES string of the molecule is CC(Cn1ccc(-c2ccc(C#N)c(Cl)c2)n1)NC(=O)c1csc(-c2ccncc2)n1. The number of carbonyl (C=O) groups excluding carboxylic acids is 1. The van der Waals surface area contributed by atoms with E-state index in [2.05, 4.69) is 20.4 Å². The van der Waals surface area contributed by atoms with Crippen LogP contribution in [-0.2, 0) is 6.54 Å². The fourth-order valence-corrected chi connectivity index (χ4v) is 4.04. The minimum Gasteiger partial charge on any atom is -0.346 e. The summed E-state index contributed by atoms with van der Waals surface area (Å²) in [6.45, 7) is 2.41. The number of thiazole rings is 1. The van der Waals surface area contributed by atoms with Crippen molar-refractivity contribution in [3.8, 4) is 27.9 Å². The smallest absolute Gasteiger partial charge is 0.271 e. The van der Waals surface area contributed by atoms with Gasteiger partial charge >= 0.3 is 0 Å². The summed E-state index contributed by atoms with van der Waals surface area (Å²) < 4.78 is 1.76. The van der Waals surface area contributed by atoms with Crippen LogP contribution in [0.2, 0.25) is 5.02 Å². The molecular formula is C22H17ClN6OS. The number of pyridine rings is 1. The van der Waals surface area contributed by atoms with Gasteiger partial charge in [0.15, 0.2) is 0 Å². The molecule has 1 unspecified atom stereocenters. The highest BCUT2D eigenvalue weighted by Gasteiger charge is 2.15. The summed E-state index contributed by atoms with van der Waals surface area (Å²) in [4.78, 5) is 21.0. The van der Waals surface area contributed by atoms with Crippen LogP contribution in [0.5, 0.6) is 0 Å². The average Bonchev–Trinajstić information content (AvgIpc) is 3.44. The van der Waals surface area contributed by atoms with E-state index < -0.39 is 0 Å². The molecule has 154 valence electrons. The standard InChI is InChI=1S/C22H17ClN6OS/c1-14(26-21(30)20-13-31-22(27-20)15-4-7-25-8-5-15)12-29-9-6-19(28-29)16-2-3-17(11-24)18(23)10-16/h2-10,13-14H,12H2,1H3,(H,26,30). The summed E-state index contributed by atoms with van der Waals surface area (Å²) >= 11 is 7.53. The summed E-state index contributed by atoms with van der Waals surface area (Å²) in [5.41, 5.74) is 3.31. The van der Waals surface area contributed by atoms with Crippen LogP contribution in [-0.4, -0.2) is 31.7 Å². The molecule has 0 radical (unpaired) electrons. The van der Waals surface area contributed by atoms with Crippen LogP contribution >= 0.6 is 22.9 Å². The quantitative estimate of drug-likeness (QED) is 0.471. The van der Waals surface area contributed by atoms with E-state index in [1.807, 2.05) is 43.5 Å². The predicted molar refractivity (Wildman–Crippen MR) is 120 cm³/mol. The zero-order valence-corrected chi connectivity index (χ0v) is 18.1. The van der Waals surface area contributed by atoms with E-state index in [0.717, 1.165) is 21.8 Å². The molecule has 1 amide bonds. The Kier molecular flexibility index (Phi) is 6.07. The maximum absolute atomic E-state index is 12.6. The fourth-order valence-electron chi connectivity index (χ4n) is 3.01. The largest absolute Gasteiger partial charge is 0.346 e. The molecule has 0 aliphatic rings. The molecule has 1 aromatic carbocycles. The van der Waals surface area contributed by atoms with Gasteiger partial charge in [0.2, 0.25) is 0 Å². The summed E-state index contributed by atoms with van der Waals surface area (Å²) in [5.74, 6) is -0.227. The summed E-state index contributed by atoms with van der Waals surface area (Å²) in [7, 11) is 0. The van der Waals surface area contributed by atoms with Gasteiger partial charge in [-0.25, -0.2) is 4.98 Å². The highest BCUT2D eigenvalue weighted by atomic mass is 35.5. The first-order valence-corrected chi connectivity index (χ1v) is 10.7. The van der Waals surface area contributed by atoms with Gasteiger partial charge in [-0.3, -0.25) is 14.5 Å². The monoisotopic (exact) mass is 448 g/mol. The third-order valence-corrected chi connectivity index (χ3v) is 5.73. The number of nitrogens with one attached hydrogen (secondary N) is 1. The molecule has 0 saturated heterocycles. The van der Waals surface area contributed by atoms with Crippen molar-refractivity contribution < 1.29 is 4.79 Å². The van der Waals surface area contributed by atoms with Crippen molar-refractivity contribution in [2.45, 2.75) is 19.5 Å². The number of halogens is 1. The van der Waals surface area contributed by atoms with Crippen molar-refractivity contribution in [3.05, 3.63) is 76.6 Å². The Labute approximate surface area is 188 Å². The molecule has 0 saturated carbocycles. The first kappa shape index (κ1) is 20.7. The molecule has 3 aromatic heterocycles. The Morgan fingerprint density at radius 2 is 2.06 bits per heavy atom. The van der Waals surface area contributed by atoms with Gasteiger partial charge in [-0.05, 0) is 37.3 Å². The number of carbonyl (C=O) groups is 1. The van der Waals surface area contributed by atoms with Crippen molar-refractivity contribution in [3.63, 3.8) is 0 Å². The Hall–Kier alpha value is -3.54. The highest BCUT2D eigenvalue weighted by molar-refractivity contribution is 7.13. The van der Waals surface area contributed by atoms with E-state index in [1.165, 1.54) is 11.3 Å². The average molecular weight is 449 g/mol. The van der Waals surface area contributed by atoms with Crippen molar-refractivity contribution in [2.75, 3.05) is 0 Å². The molecule has 1 atom stereocenters. The molecule has 4 rings (SSSR count). The lowest BCUT2D eigenvalue weighted by molar-refractivity contribution is 0.0931. The summed E-state index contributed by atoms with van der Waals surface area (Å²) in [6.07, 6.45) is 5.24. The molecule has 0 spiro atoms. The zero-order valence-electron chi connectivity index (χ0n) is 16.5. The lowest BCUT2D eigenvalue weighted by atomic mass is 10.1. The number of aromatic nitrogens is 4. The minimum atomic E-state index is -0.227. The lowest BCUT2D eigenvalue weighted by Gasteiger charge is -2.13. The van der Waals surface area contributed by atoms with E-state index in [4.69, 9.17) is 16.9 Å². The lowest BCUT2D eigenvalue weighted by Crippen LogP contribution is -2.36. The van der Waals surface area contributed by atoms with E-state index >= 15 is 0 Å². The first-order valence-electron chi connectivity index (χ1n) is 9.44. The normalized spacial score (nSPS) is 11.6.